The first kappa shape index (κ1) is 19.4. The van der Waals surface area contributed by atoms with Crippen LogP contribution in [0.1, 0.15) is 44.1 Å². The Balaban J connectivity index is 1.43. The maximum atomic E-state index is 12.8. The van der Waals surface area contributed by atoms with E-state index in [1.165, 1.54) is 4.31 Å². The van der Waals surface area contributed by atoms with Crippen molar-refractivity contribution in [3.8, 4) is 0 Å². The molecule has 0 radical (unpaired) electrons. The van der Waals surface area contributed by atoms with Crippen molar-refractivity contribution >= 4 is 27.5 Å². The van der Waals surface area contributed by atoms with Crippen molar-refractivity contribution in [2.45, 2.75) is 49.8 Å². The van der Waals surface area contributed by atoms with E-state index >= 15 is 0 Å². The van der Waals surface area contributed by atoms with Gasteiger partial charge < -0.3 is 9.80 Å². The lowest BCUT2D eigenvalue weighted by atomic mass is 10.2. The number of amides is 2. The SMILES string of the molecule is O=C(CCC(=O)N1CCc2cc(S(=O)(=O)N3CCCC3)ccc21)N1CCCC1. The fourth-order valence-electron chi connectivity index (χ4n) is 4.35. The number of hydrogen-bond acceptors (Lipinski definition) is 4. The summed E-state index contributed by atoms with van der Waals surface area (Å²) >= 11 is 0. The Morgan fingerprint density at radius 1 is 0.857 bits per heavy atom. The number of rotatable bonds is 5. The Bertz CT molecular complexity index is 871. The molecule has 4 rings (SSSR count). The first-order valence-corrected chi connectivity index (χ1v) is 11.6. The number of likely N-dealkylation sites (tertiary alicyclic amines) is 1. The van der Waals surface area contributed by atoms with Gasteiger partial charge in [-0.1, -0.05) is 0 Å². The summed E-state index contributed by atoms with van der Waals surface area (Å²) in [4.78, 5) is 28.7. The highest BCUT2D eigenvalue weighted by Crippen LogP contribution is 2.32. The van der Waals surface area contributed by atoms with E-state index < -0.39 is 10.0 Å². The van der Waals surface area contributed by atoms with Gasteiger partial charge in [0.15, 0.2) is 0 Å². The van der Waals surface area contributed by atoms with Crippen molar-refractivity contribution in [2.24, 2.45) is 0 Å². The second-order valence-electron chi connectivity index (χ2n) is 7.78. The van der Waals surface area contributed by atoms with Gasteiger partial charge >= 0.3 is 0 Å². The van der Waals surface area contributed by atoms with Gasteiger partial charge in [0.2, 0.25) is 21.8 Å². The van der Waals surface area contributed by atoms with Gasteiger partial charge in [-0.3, -0.25) is 9.59 Å². The van der Waals surface area contributed by atoms with Crippen molar-refractivity contribution in [1.29, 1.82) is 0 Å². The molecular formula is C20H27N3O4S. The van der Waals surface area contributed by atoms with Gasteiger partial charge in [0, 0.05) is 51.3 Å². The van der Waals surface area contributed by atoms with Crippen LogP contribution in [0.3, 0.4) is 0 Å². The average Bonchev–Trinajstić information content (AvgIpc) is 3.46. The van der Waals surface area contributed by atoms with Crippen LogP contribution in [-0.2, 0) is 26.0 Å². The quantitative estimate of drug-likeness (QED) is 0.748. The van der Waals surface area contributed by atoms with Crippen molar-refractivity contribution in [1.82, 2.24) is 9.21 Å². The molecule has 0 unspecified atom stereocenters. The third-order valence-electron chi connectivity index (χ3n) is 5.96. The summed E-state index contributed by atoms with van der Waals surface area (Å²) in [7, 11) is -3.45. The lowest BCUT2D eigenvalue weighted by Crippen LogP contribution is -2.32. The van der Waals surface area contributed by atoms with Gasteiger partial charge in [0.25, 0.3) is 0 Å². The number of carbonyl (C=O) groups is 2. The smallest absolute Gasteiger partial charge is 0.243 e. The maximum absolute atomic E-state index is 12.8. The Morgan fingerprint density at radius 3 is 2.21 bits per heavy atom. The molecule has 7 nitrogen and oxygen atoms in total. The molecule has 0 aliphatic carbocycles. The van der Waals surface area contributed by atoms with Crippen molar-refractivity contribution in [3.63, 3.8) is 0 Å². The molecule has 3 aliphatic rings. The van der Waals surface area contributed by atoms with Crippen LogP contribution in [0.4, 0.5) is 5.69 Å². The van der Waals surface area contributed by atoms with E-state index in [4.69, 9.17) is 0 Å². The molecule has 152 valence electrons. The molecule has 8 heteroatoms. The predicted octanol–water partition coefficient (Wildman–Crippen LogP) is 1.76. The number of nitrogens with zero attached hydrogens (tertiary/aromatic N) is 3. The van der Waals surface area contributed by atoms with E-state index in [0.29, 0.717) is 31.0 Å². The summed E-state index contributed by atoms with van der Waals surface area (Å²) in [6.07, 6.45) is 4.98. The van der Waals surface area contributed by atoms with Crippen molar-refractivity contribution in [3.05, 3.63) is 23.8 Å². The van der Waals surface area contributed by atoms with E-state index in [1.807, 2.05) is 4.90 Å². The highest BCUT2D eigenvalue weighted by Gasteiger charge is 2.31. The fourth-order valence-corrected chi connectivity index (χ4v) is 5.92. The molecule has 2 fully saturated rings. The van der Waals surface area contributed by atoms with E-state index in [2.05, 4.69) is 0 Å². The van der Waals surface area contributed by atoms with Gasteiger partial charge in [-0.2, -0.15) is 4.31 Å². The van der Waals surface area contributed by atoms with Gasteiger partial charge in [0.1, 0.15) is 0 Å². The monoisotopic (exact) mass is 405 g/mol. The van der Waals surface area contributed by atoms with E-state index in [-0.39, 0.29) is 24.7 Å². The fraction of sp³-hybridized carbons (Fsp3) is 0.600. The molecule has 3 aliphatic heterocycles. The number of carbonyl (C=O) groups excluding carboxylic acids is 2. The molecule has 3 heterocycles. The van der Waals surface area contributed by atoms with Crippen LogP contribution in [0, 0.1) is 0 Å². The Hall–Kier alpha value is -1.93. The summed E-state index contributed by atoms with van der Waals surface area (Å²) in [6, 6.07) is 5.06. The molecule has 1 aromatic carbocycles. The molecule has 0 aromatic heterocycles. The minimum Gasteiger partial charge on any atom is -0.343 e. The van der Waals surface area contributed by atoms with Gasteiger partial charge in [-0.15, -0.1) is 0 Å². The molecular weight excluding hydrogens is 378 g/mol. The number of anilines is 1. The summed E-state index contributed by atoms with van der Waals surface area (Å²) in [5.41, 5.74) is 1.67. The number of benzene rings is 1. The summed E-state index contributed by atoms with van der Waals surface area (Å²) in [6.45, 7) is 3.30. The molecule has 0 saturated carbocycles. The molecule has 0 atom stereocenters. The second-order valence-corrected chi connectivity index (χ2v) is 9.72. The Kier molecular flexibility index (Phi) is 5.42. The van der Waals surface area contributed by atoms with Crippen LogP contribution in [-0.4, -0.2) is 62.2 Å². The van der Waals surface area contributed by atoms with Crippen LogP contribution < -0.4 is 4.90 Å². The highest BCUT2D eigenvalue weighted by atomic mass is 32.2. The Morgan fingerprint density at radius 2 is 1.50 bits per heavy atom. The highest BCUT2D eigenvalue weighted by molar-refractivity contribution is 7.89. The van der Waals surface area contributed by atoms with Gasteiger partial charge in [-0.05, 0) is 55.9 Å². The topological polar surface area (TPSA) is 78.0 Å². The van der Waals surface area contributed by atoms with E-state index in [0.717, 1.165) is 50.0 Å². The maximum Gasteiger partial charge on any atom is 0.243 e. The first-order chi connectivity index (χ1) is 13.5. The van der Waals surface area contributed by atoms with Crippen molar-refractivity contribution in [2.75, 3.05) is 37.6 Å². The van der Waals surface area contributed by atoms with Crippen LogP contribution in [0.15, 0.2) is 23.1 Å². The van der Waals surface area contributed by atoms with Crippen LogP contribution in [0.2, 0.25) is 0 Å². The van der Waals surface area contributed by atoms with E-state index in [9.17, 15) is 18.0 Å². The Labute approximate surface area is 166 Å². The third kappa shape index (κ3) is 3.67. The van der Waals surface area contributed by atoms with Gasteiger partial charge in [-0.25, -0.2) is 8.42 Å². The zero-order valence-electron chi connectivity index (χ0n) is 16.1. The summed E-state index contributed by atoms with van der Waals surface area (Å²) in [5.74, 6) is -0.0150. The first-order valence-electron chi connectivity index (χ1n) is 10.2. The zero-order chi connectivity index (χ0) is 19.7. The molecule has 0 N–H and O–H groups in total. The summed E-state index contributed by atoms with van der Waals surface area (Å²) in [5, 5.41) is 0. The lowest BCUT2D eigenvalue weighted by molar-refractivity contribution is -0.132. The van der Waals surface area contributed by atoms with Crippen LogP contribution in [0.5, 0.6) is 0 Å². The normalized spacial score (nSPS) is 20.0. The predicted molar refractivity (Wildman–Crippen MR) is 106 cm³/mol. The summed E-state index contributed by atoms with van der Waals surface area (Å²) < 4.78 is 27.1. The third-order valence-corrected chi connectivity index (χ3v) is 7.86. The van der Waals surface area contributed by atoms with Gasteiger partial charge in [0.05, 0.1) is 4.90 Å². The molecule has 1 aromatic rings. The number of sulfonamides is 1. The van der Waals surface area contributed by atoms with Crippen LogP contribution >= 0.6 is 0 Å². The van der Waals surface area contributed by atoms with Crippen LogP contribution in [0.25, 0.3) is 0 Å². The molecule has 2 saturated heterocycles. The number of hydrogen-bond donors (Lipinski definition) is 0. The molecule has 0 bridgehead atoms. The lowest BCUT2D eigenvalue weighted by Gasteiger charge is -2.20. The minimum atomic E-state index is -3.45. The largest absolute Gasteiger partial charge is 0.343 e. The second kappa shape index (κ2) is 7.83. The molecule has 0 spiro atoms. The zero-order valence-corrected chi connectivity index (χ0v) is 16.9. The number of fused-ring (bicyclic) bond motifs is 1. The molecule has 28 heavy (non-hydrogen) atoms. The molecule has 2 amide bonds. The van der Waals surface area contributed by atoms with Crippen molar-refractivity contribution < 1.29 is 18.0 Å². The van der Waals surface area contributed by atoms with E-state index in [1.54, 1.807) is 23.1 Å². The standard InChI is InChI=1S/C20H27N3O4S/c24-19(21-10-1-2-11-21)7-8-20(25)23-14-9-16-15-17(5-6-18(16)23)28(26,27)22-12-3-4-13-22/h5-6,15H,1-4,7-14H2. The minimum absolute atomic E-state index is 0.0531. The average molecular weight is 406 g/mol.